The number of furan rings is 1. The number of para-hydroxylation sites is 1. The SMILES string of the molecule is O=C(N[C@H](Nc1ccccc1C(=O)[O-])C(=O)c1ccccc1)c1ccco1. The summed E-state index contributed by atoms with van der Waals surface area (Å²) in [7, 11) is 0. The van der Waals surface area contributed by atoms with Gasteiger partial charge in [-0.15, -0.1) is 0 Å². The molecule has 3 aromatic rings. The molecule has 0 saturated carbocycles. The highest BCUT2D eigenvalue weighted by Crippen LogP contribution is 2.16. The summed E-state index contributed by atoms with van der Waals surface area (Å²) in [6.07, 6.45) is 0.118. The van der Waals surface area contributed by atoms with Crippen molar-refractivity contribution >= 4 is 23.3 Å². The molecule has 0 aliphatic rings. The van der Waals surface area contributed by atoms with Gasteiger partial charge >= 0.3 is 0 Å². The number of ketones is 1. The minimum Gasteiger partial charge on any atom is -0.545 e. The zero-order chi connectivity index (χ0) is 19.2. The first kappa shape index (κ1) is 17.9. The average molecular weight is 363 g/mol. The molecular weight excluding hydrogens is 348 g/mol. The number of carbonyl (C=O) groups excluding carboxylic acids is 3. The summed E-state index contributed by atoms with van der Waals surface area (Å²) in [5, 5.41) is 16.6. The maximum absolute atomic E-state index is 12.9. The summed E-state index contributed by atoms with van der Waals surface area (Å²) in [6, 6.07) is 17.3. The number of hydrogen-bond acceptors (Lipinski definition) is 6. The van der Waals surface area contributed by atoms with E-state index in [-0.39, 0.29) is 17.0 Å². The molecule has 1 aromatic heterocycles. The summed E-state index contributed by atoms with van der Waals surface area (Å²) in [5.41, 5.74) is 0.364. The molecule has 0 aliphatic carbocycles. The van der Waals surface area contributed by atoms with Crippen molar-refractivity contribution in [1.29, 1.82) is 0 Å². The number of Topliss-reactive ketones (excluding diaryl/α,β-unsaturated/α-hetero) is 1. The second-order valence-corrected chi connectivity index (χ2v) is 5.59. The number of carboxylic acid groups (broad SMARTS) is 1. The van der Waals surface area contributed by atoms with Crippen LogP contribution in [-0.2, 0) is 0 Å². The van der Waals surface area contributed by atoms with Crippen LogP contribution in [0, 0.1) is 0 Å². The maximum Gasteiger partial charge on any atom is 0.288 e. The van der Waals surface area contributed by atoms with E-state index in [4.69, 9.17) is 4.42 Å². The predicted molar refractivity (Wildman–Crippen MR) is 95.1 cm³/mol. The third-order valence-corrected chi connectivity index (χ3v) is 3.79. The van der Waals surface area contributed by atoms with Crippen molar-refractivity contribution in [1.82, 2.24) is 5.32 Å². The summed E-state index contributed by atoms with van der Waals surface area (Å²) in [6.45, 7) is 0. The topological polar surface area (TPSA) is 111 Å². The summed E-state index contributed by atoms with van der Waals surface area (Å²) < 4.78 is 5.04. The van der Waals surface area contributed by atoms with Gasteiger partial charge in [0.1, 0.15) is 0 Å². The summed E-state index contributed by atoms with van der Waals surface area (Å²) in [5.74, 6) is -2.44. The second-order valence-electron chi connectivity index (χ2n) is 5.59. The molecule has 0 aliphatic heterocycles. The van der Waals surface area contributed by atoms with Gasteiger partial charge in [0.15, 0.2) is 11.9 Å². The van der Waals surface area contributed by atoms with E-state index in [2.05, 4.69) is 10.6 Å². The van der Waals surface area contributed by atoms with E-state index in [1.807, 2.05) is 0 Å². The van der Waals surface area contributed by atoms with Crippen molar-refractivity contribution in [3.05, 3.63) is 89.9 Å². The minimum atomic E-state index is -1.40. The van der Waals surface area contributed by atoms with Crippen molar-refractivity contribution in [2.75, 3.05) is 5.32 Å². The molecule has 1 amide bonds. The Balaban J connectivity index is 1.91. The van der Waals surface area contributed by atoms with E-state index in [0.717, 1.165) is 0 Å². The molecular formula is C20H15N2O5-. The lowest BCUT2D eigenvalue weighted by Crippen LogP contribution is -2.46. The molecule has 3 rings (SSSR count). The highest BCUT2D eigenvalue weighted by atomic mass is 16.4. The van der Waals surface area contributed by atoms with E-state index in [0.29, 0.717) is 5.56 Å². The van der Waals surface area contributed by atoms with Gasteiger partial charge in [-0.1, -0.05) is 48.5 Å². The highest BCUT2D eigenvalue weighted by Gasteiger charge is 2.24. The number of rotatable bonds is 7. The number of carbonyl (C=O) groups is 3. The smallest absolute Gasteiger partial charge is 0.288 e. The Morgan fingerprint density at radius 2 is 1.59 bits per heavy atom. The zero-order valence-electron chi connectivity index (χ0n) is 14.0. The molecule has 0 saturated heterocycles. The quantitative estimate of drug-likeness (QED) is 0.488. The fraction of sp³-hybridized carbons (Fsp3) is 0.0500. The second kappa shape index (κ2) is 8.01. The van der Waals surface area contributed by atoms with Crippen LogP contribution in [0.4, 0.5) is 5.69 Å². The number of hydrogen-bond donors (Lipinski definition) is 2. The third-order valence-electron chi connectivity index (χ3n) is 3.79. The standard InChI is InChI=1S/C20H16N2O5/c23-17(13-7-2-1-3-8-13)18(22-19(24)16-11-6-12-27-16)21-15-10-5-4-9-14(15)20(25)26/h1-12,18,21H,(H,22,24)(H,25,26)/p-1/t18-/m0/s1. The molecule has 2 N–H and O–H groups in total. The normalized spacial score (nSPS) is 11.4. The molecule has 7 heteroatoms. The van der Waals surface area contributed by atoms with Gasteiger partial charge in [-0.05, 0) is 18.2 Å². The van der Waals surface area contributed by atoms with Crippen LogP contribution in [-0.4, -0.2) is 23.8 Å². The summed E-state index contributed by atoms with van der Waals surface area (Å²) >= 11 is 0. The lowest BCUT2D eigenvalue weighted by atomic mass is 10.1. The number of nitrogens with one attached hydrogen (secondary N) is 2. The molecule has 136 valence electrons. The fourth-order valence-corrected chi connectivity index (χ4v) is 2.49. The summed E-state index contributed by atoms with van der Waals surface area (Å²) in [4.78, 5) is 36.5. The van der Waals surface area contributed by atoms with Crippen molar-refractivity contribution in [2.45, 2.75) is 6.17 Å². The van der Waals surface area contributed by atoms with E-state index >= 15 is 0 Å². The molecule has 0 bridgehead atoms. The van der Waals surface area contributed by atoms with Crippen molar-refractivity contribution in [2.24, 2.45) is 0 Å². The van der Waals surface area contributed by atoms with Gasteiger partial charge < -0.3 is 25.0 Å². The molecule has 1 heterocycles. The van der Waals surface area contributed by atoms with Crippen LogP contribution >= 0.6 is 0 Å². The largest absolute Gasteiger partial charge is 0.545 e. The molecule has 2 aromatic carbocycles. The van der Waals surface area contributed by atoms with Crippen molar-refractivity contribution < 1.29 is 23.9 Å². The minimum absolute atomic E-state index is 0.0239. The molecule has 27 heavy (non-hydrogen) atoms. The van der Waals surface area contributed by atoms with Gasteiger partial charge in [-0.25, -0.2) is 0 Å². The number of aromatic carboxylic acids is 1. The lowest BCUT2D eigenvalue weighted by Gasteiger charge is -2.22. The zero-order valence-corrected chi connectivity index (χ0v) is 14.0. The third kappa shape index (κ3) is 4.21. The fourth-order valence-electron chi connectivity index (χ4n) is 2.49. The van der Waals surface area contributed by atoms with E-state index in [1.54, 1.807) is 42.5 Å². The van der Waals surface area contributed by atoms with E-state index in [1.165, 1.54) is 30.5 Å². The Hall–Kier alpha value is -3.87. The first-order valence-corrected chi connectivity index (χ1v) is 8.07. The average Bonchev–Trinajstić information content (AvgIpc) is 3.23. The maximum atomic E-state index is 12.9. The Labute approximate surface area is 154 Å². The first-order chi connectivity index (χ1) is 13.1. The van der Waals surface area contributed by atoms with Gasteiger partial charge in [0.25, 0.3) is 5.91 Å². The Kier molecular flexibility index (Phi) is 5.32. The number of anilines is 1. The van der Waals surface area contributed by atoms with E-state index < -0.39 is 23.8 Å². The first-order valence-electron chi connectivity index (χ1n) is 8.07. The molecule has 0 radical (unpaired) electrons. The van der Waals surface area contributed by atoms with Crippen LogP contribution in [0.25, 0.3) is 0 Å². The van der Waals surface area contributed by atoms with Crippen LogP contribution in [0.15, 0.2) is 77.4 Å². The predicted octanol–water partition coefficient (Wildman–Crippen LogP) is 1.69. The van der Waals surface area contributed by atoms with Gasteiger partial charge in [-0.2, -0.15) is 0 Å². The monoisotopic (exact) mass is 363 g/mol. The van der Waals surface area contributed by atoms with Crippen LogP contribution in [0.2, 0.25) is 0 Å². The Bertz CT molecular complexity index is 952. The molecule has 1 atom stereocenters. The Morgan fingerprint density at radius 1 is 0.889 bits per heavy atom. The van der Waals surface area contributed by atoms with Crippen LogP contribution < -0.4 is 15.7 Å². The van der Waals surface area contributed by atoms with Gasteiger partial charge in [-0.3, -0.25) is 9.59 Å². The van der Waals surface area contributed by atoms with Crippen molar-refractivity contribution in [3.63, 3.8) is 0 Å². The molecule has 0 spiro atoms. The number of amides is 1. The lowest BCUT2D eigenvalue weighted by molar-refractivity contribution is -0.254. The Morgan fingerprint density at radius 3 is 2.26 bits per heavy atom. The number of benzene rings is 2. The number of carboxylic acids is 1. The van der Waals surface area contributed by atoms with Gasteiger partial charge in [0.05, 0.1) is 12.2 Å². The van der Waals surface area contributed by atoms with E-state index in [9.17, 15) is 19.5 Å². The van der Waals surface area contributed by atoms with Crippen LogP contribution in [0.3, 0.4) is 0 Å². The molecule has 0 unspecified atom stereocenters. The molecule has 7 nitrogen and oxygen atoms in total. The van der Waals surface area contributed by atoms with Gasteiger partial charge in [0, 0.05) is 16.8 Å². The van der Waals surface area contributed by atoms with Crippen molar-refractivity contribution in [3.8, 4) is 0 Å². The van der Waals surface area contributed by atoms with Crippen LogP contribution in [0.1, 0.15) is 31.3 Å². The molecule has 0 fully saturated rings. The van der Waals surface area contributed by atoms with Gasteiger partial charge in [0.2, 0.25) is 5.78 Å². The highest BCUT2D eigenvalue weighted by molar-refractivity contribution is 6.05. The van der Waals surface area contributed by atoms with Crippen LogP contribution in [0.5, 0.6) is 0 Å².